The van der Waals surface area contributed by atoms with E-state index >= 15 is 0 Å². The number of ether oxygens (including phenoxy) is 1. The van der Waals surface area contributed by atoms with Gasteiger partial charge < -0.3 is 25.2 Å². The Kier molecular flexibility index (Phi) is 8.31. The minimum absolute atomic E-state index is 0.0505. The highest BCUT2D eigenvalue weighted by Crippen LogP contribution is 2.46. The van der Waals surface area contributed by atoms with Crippen molar-refractivity contribution in [3.05, 3.63) is 64.7 Å². The maximum atomic E-state index is 13.5. The number of carbonyl (C=O) groups is 3. The number of carboxylic acid groups (broad SMARTS) is 1. The molecule has 0 aliphatic carbocycles. The summed E-state index contributed by atoms with van der Waals surface area (Å²) < 4.78 is 5.42. The highest BCUT2D eigenvalue weighted by molar-refractivity contribution is 6.30. The highest BCUT2D eigenvalue weighted by atomic mass is 35.5. The second kappa shape index (κ2) is 10.9. The van der Waals surface area contributed by atoms with Gasteiger partial charge in [-0.15, -0.1) is 0 Å². The number of halogens is 1. The van der Waals surface area contributed by atoms with Crippen molar-refractivity contribution >= 4 is 29.4 Å². The number of para-hydroxylation sites is 1. The number of rotatable bonds is 8. The van der Waals surface area contributed by atoms with Crippen LogP contribution in [0.15, 0.2) is 48.5 Å². The minimum Gasteiger partial charge on any atom is -0.483 e. The average Bonchev–Trinajstić information content (AvgIpc) is 2.82. The summed E-state index contributed by atoms with van der Waals surface area (Å²) in [5, 5.41) is 24.2. The lowest BCUT2D eigenvalue weighted by Crippen LogP contribution is -2.60. The first-order valence-electron chi connectivity index (χ1n) is 11.9. The van der Waals surface area contributed by atoms with Crippen LogP contribution in [0.2, 0.25) is 5.02 Å². The van der Waals surface area contributed by atoms with Gasteiger partial charge in [-0.25, -0.2) is 4.79 Å². The molecule has 3 rings (SSSR count). The summed E-state index contributed by atoms with van der Waals surface area (Å²) in [5.74, 6) is -2.06. The van der Waals surface area contributed by atoms with Crippen molar-refractivity contribution in [1.82, 2.24) is 10.2 Å². The van der Waals surface area contributed by atoms with E-state index in [2.05, 4.69) is 5.32 Å². The first-order valence-corrected chi connectivity index (χ1v) is 12.3. The Balaban J connectivity index is 1.68. The maximum Gasteiger partial charge on any atom is 0.339 e. The number of likely N-dealkylation sites (tertiary alicyclic amines) is 1. The number of nitrogens with zero attached hydrogens (tertiary/aromatic N) is 1. The Morgan fingerprint density at radius 1 is 1.11 bits per heavy atom. The smallest absolute Gasteiger partial charge is 0.339 e. The largest absolute Gasteiger partial charge is 0.483 e. The van der Waals surface area contributed by atoms with E-state index in [9.17, 15) is 24.6 Å². The van der Waals surface area contributed by atoms with Gasteiger partial charge in [0.25, 0.3) is 5.91 Å². The van der Waals surface area contributed by atoms with Crippen LogP contribution in [0, 0.1) is 11.3 Å². The van der Waals surface area contributed by atoms with Gasteiger partial charge >= 0.3 is 5.97 Å². The number of aliphatic hydroxyl groups is 1. The first kappa shape index (κ1) is 27.5. The van der Waals surface area contributed by atoms with Gasteiger partial charge in [-0.1, -0.05) is 63.6 Å². The number of carbonyl (C=O) groups excluding carboxylic acids is 2. The zero-order valence-electron chi connectivity index (χ0n) is 21.0. The lowest BCUT2D eigenvalue weighted by atomic mass is 9.66. The fourth-order valence-corrected chi connectivity index (χ4v) is 4.73. The molecule has 2 aromatic carbocycles. The molecule has 0 spiro atoms. The SMILES string of the molecule is CC(C)C(NC(=O)COc1ccccc1C(=O)O)C(=O)N1CCC(O)(c2ccc(Cl)cc2)C(C)(C)C1. The van der Waals surface area contributed by atoms with Gasteiger partial charge in [-0.3, -0.25) is 9.59 Å². The molecule has 36 heavy (non-hydrogen) atoms. The molecule has 1 fully saturated rings. The van der Waals surface area contributed by atoms with Gasteiger partial charge in [0, 0.05) is 23.5 Å². The van der Waals surface area contributed by atoms with Crippen LogP contribution in [-0.4, -0.2) is 58.6 Å². The summed E-state index contributed by atoms with van der Waals surface area (Å²) >= 11 is 6.01. The molecule has 0 aromatic heterocycles. The molecule has 1 heterocycles. The molecule has 0 radical (unpaired) electrons. The second-order valence-corrected chi connectivity index (χ2v) is 10.6. The summed E-state index contributed by atoms with van der Waals surface area (Å²) in [4.78, 5) is 39.1. The van der Waals surface area contributed by atoms with E-state index in [0.29, 0.717) is 24.5 Å². The molecule has 0 saturated carbocycles. The molecule has 8 nitrogen and oxygen atoms in total. The van der Waals surface area contributed by atoms with Crippen LogP contribution in [0.1, 0.15) is 50.0 Å². The van der Waals surface area contributed by atoms with Gasteiger partial charge in [0.1, 0.15) is 17.4 Å². The molecule has 9 heteroatoms. The molecule has 2 atom stereocenters. The van der Waals surface area contributed by atoms with Crippen LogP contribution in [0.5, 0.6) is 5.75 Å². The van der Waals surface area contributed by atoms with Gasteiger partial charge in [-0.05, 0) is 42.2 Å². The fraction of sp³-hybridized carbons (Fsp3) is 0.444. The van der Waals surface area contributed by atoms with Crippen molar-refractivity contribution in [2.45, 2.75) is 45.8 Å². The third kappa shape index (κ3) is 5.82. The highest BCUT2D eigenvalue weighted by Gasteiger charge is 2.50. The summed E-state index contributed by atoms with van der Waals surface area (Å²) in [6.45, 7) is 7.69. The molecule has 0 bridgehead atoms. The predicted octanol–water partition coefficient (Wildman–Crippen LogP) is 3.70. The van der Waals surface area contributed by atoms with E-state index in [-0.39, 0.29) is 23.1 Å². The Bertz CT molecular complexity index is 1120. The van der Waals surface area contributed by atoms with Crippen LogP contribution >= 0.6 is 11.6 Å². The Hall–Kier alpha value is -3.10. The predicted molar refractivity (Wildman–Crippen MR) is 136 cm³/mol. The number of benzene rings is 2. The Morgan fingerprint density at radius 3 is 2.33 bits per heavy atom. The molecular formula is C27H33ClN2O6. The van der Waals surface area contributed by atoms with Crippen LogP contribution in [0.3, 0.4) is 0 Å². The van der Waals surface area contributed by atoms with E-state index in [1.54, 1.807) is 41.3 Å². The van der Waals surface area contributed by atoms with Crippen molar-refractivity contribution < 1.29 is 29.3 Å². The quantitative estimate of drug-likeness (QED) is 0.492. The number of nitrogens with one attached hydrogen (secondary N) is 1. The van der Waals surface area contributed by atoms with E-state index in [1.165, 1.54) is 12.1 Å². The third-order valence-corrected chi connectivity index (χ3v) is 7.06. The van der Waals surface area contributed by atoms with Crippen molar-refractivity contribution in [2.75, 3.05) is 19.7 Å². The molecule has 1 saturated heterocycles. The Morgan fingerprint density at radius 2 is 1.75 bits per heavy atom. The Labute approximate surface area is 216 Å². The van der Waals surface area contributed by atoms with Gasteiger partial charge in [-0.2, -0.15) is 0 Å². The van der Waals surface area contributed by atoms with E-state index in [4.69, 9.17) is 16.3 Å². The van der Waals surface area contributed by atoms with Crippen LogP contribution in [-0.2, 0) is 15.2 Å². The van der Waals surface area contributed by atoms with Gasteiger partial charge in [0.15, 0.2) is 6.61 Å². The zero-order chi connectivity index (χ0) is 26.7. The number of piperidine rings is 1. The van der Waals surface area contributed by atoms with Crippen molar-refractivity contribution in [3.63, 3.8) is 0 Å². The van der Waals surface area contributed by atoms with E-state index < -0.39 is 35.5 Å². The lowest BCUT2D eigenvalue weighted by Gasteiger charge is -2.51. The maximum absolute atomic E-state index is 13.5. The number of hydrogen-bond acceptors (Lipinski definition) is 5. The van der Waals surface area contributed by atoms with E-state index in [1.807, 2.05) is 27.7 Å². The topological polar surface area (TPSA) is 116 Å². The number of amides is 2. The average molecular weight is 517 g/mol. The number of aromatic carboxylic acids is 1. The molecule has 194 valence electrons. The van der Waals surface area contributed by atoms with Crippen LogP contribution < -0.4 is 10.1 Å². The van der Waals surface area contributed by atoms with Crippen LogP contribution in [0.25, 0.3) is 0 Å². The van der Waals surface area contributed by atoms with Crippen molar-refractivity contribution in [3.8, 4) is 5.75 Å². The first-order chi connectivity index (χ1) is 16.9. The lowest BCUT2D eigenvalue weighted by molar-refractivity contribution is -0.156. The minimum atomic E-state index is -1.16. The summed E-state index contributed by atoms with van der Waals surface area (Å²) in [6.07, 6.45) is 0.335. The molecule has 1 aliphatic rings. The van der Waals surface area contributed by atoms with Crippen molar-refractivity contribution in [1.29, 1.82) is 0 Å². The van der Waals surface area contributed by atoms with Gasteiger partial charge in [0.05, 0.1) is 5.60 Å². The molecule has 1 aliphatic heterocycles. The molecule has 3 N–H and O–H groups in total. The van der Waals surface area contributed by atoms with Gasteiger partial charge in [0.2, 0.25) is 5.91 Å². The number of hydrogen-bond donors (Lipinski definition) is 3. The monoisotopic (exact) mass is 516 g/mol. The van der Waals surface area contributed by atoms with Crippen molar-refractivity contribution in [2.24, 2.45) is 11.3 Å². The zero-order valence-corrected chi connectivity index (χ0v) is 21.7. The number of carboxylic acids is 1. The summed E-state index contributed by atoms with van der Waals surface area (Å²) in [6, 6.07) is 12.3. The summed E-state index contributed by atoms with van der Waals surface area (Å²) in [7, 11) is 0. The molecular weight excluding hydrogens is 484 g/mol. The standard InChI is InChI=1S/C27H33ClN2O6/c1-17(2)23(29-22(31)15-36-21-8-6-5-7-20(21)25(33)34)24(32)30-14-13-27(35,26(3,4)16-30)18-9-11-19(28)12-10-18/h5-12,17,23,35H,13-16H2,1-4H3,(H,29,31)(H,33,34). The van der Waals surface area contributed by atoms with E-state index in [0.717, 1.165) is 5.56 Å². The molecule has 2 aromatic rings. The summed E-state index contributed by atoms with van der Waals surface area (Å²) in [5.41, 5.74) is -1.11. The fourth-order valence-electron chi connectivity index (χ4n) is 4.61. The second-order valence-electron chi connectivity index (χ2n) is 10.1. The third-order valence-electron chi connectivity index (χ3n) is 6.81. The molecule has 2 unspecified atom stereocenters. The van der Waals surface area contributed by atoms with Crippen LogP contribution in [0.4, 0.5) is 0 Å². The normalized spacial score (nSPS) is 20.0. The molecule has 2 amide bonds.